The van der Waals surface area contributed by atoms with Crippen LogP contribution in [0.3, 0.4) is 0 Å². The molecule has 1 aliphatic rings. The molecular formula is C14H21FN2. The van der Waals surface area contributed by atoms with E-state index in [1.807, 2.05) is 24.1 Å². The van der Waals surface area contributed by atoms with E-state index in [1.165, 1.54) is 18.9 Å². The molecule has 1 aromatic carbocycles. The molecule has 0 aromatic heterocycles. The lowest BCUT2D eigenvalue weighted by Crippen LogP contribution is -2.45. The van der Waals surface area contributed by atoms with Crippen LogP contribution in [0.5, 0.6) is 0 Å². The van der Waals surface area contributed by atoms with Gasteiger partial charge in [0.1, 0.15) is 5.82 Å². The predicted octanol–water partition coefficient (Wildman–Crippen LogP) is 2.65. The molecular weight excluding hydrogens is 215 g/mol. The fourth-order valence-corrected chi connectivity index (χ4v) is 2.67. The van der Waals surface area contributed by atoms with Crippen LogP contribution in [0.15, 0.2) is 24.3 Å². The number of para-hydroxylation sites is 1. The predicted molar refractivity (Wildman–Crippen MR) is 69.9 cm³/mol. The quantitative estimate of drug-likeness (QED) is 0.868. The second-order valence-electron chi connectivity index (χ2n) is 5.40. The summed E-state index contributed by atoms with van der Waals surface area (Å²) in [6, 6.07) is 6.98. The van der Waals surface area contributed by atoms with Gasteiger partial charge in [-0.05, 0) is 36.9 Å². The van der Waals surface area contributed by atoms with Crippen LogP contribution in [0, 0.1) is 11.2 Å². The Morgan fingerprint density at radius 2 is 2.18 bits per heavy atom. The van der Waals surface area contributed by atoms with Gasteiger partial charge in [0.05, 0.1) is 5.69 Å². The number of nitrogens with one attached hydrogen (secondary N) is 1. The Balaban J connectivity index is 2.06. The zero-order valence-electron chi connectivity index (χ0n) is 10.7. The molecule has 1 aliphatic heterocycles. The minimum Gasteiger partial charge on any atom is -0.372 e. The summed E-state index contributed by atoms with van der Waals surface area (Å²) in [6.07, 6.45) is 2.42. The van der Waals surface area contributed by atoms with Gasteiger partial charge in [0, 0.05) is 20.1 Å². The van der Waals surface area contributed by atoms with E-state index in [-0.39, 0.29) is 11.2 Å². The molecule has 1 atom stereocenters. The summed E-state index contributed by atoms with van der Waals surface area (Å²) in [5.41, 5.74) is 0.939. The van der Waals surface area contributed by atoms with Gasteiger partial charge in [-0.1, -0.05) is 19.1 Å². The number of rotatable bonds is 3. The molecule has 1 heterocycles. The number of anilines is 1. The topological polar surface area (TPSA) is 15.3 Å². The number of benzene rings is 1. The molecule has 0 radical (unpaired) electrons. The minimum atomic E-state index is -0.137. The van der Waals surface area contributed by atoms with Gasteiger partial charge in [-0.3, -0.25) is 0 Å². The first-order valence-corrected chi connectivity index (χ1v) is 6.27. The molecule has 94 valence electrons. The van der Waals surface area contributed by atoms with E-state index in [0.29, 0.717) is 5.69 Å². The van der Waals surface area contributed by atoms with Crippen molar-refractivity contribution in [2.24, 2.45) is 5.41 Å². The smallest absolute Gasteiger partial charge is 0.146 e. The third-order valence-electron chi connectivity index (χ3n) is 3.57. The number of halogens is 1. The summed E-state index contributed by atoms with van der Waals surface area (Å²) in [6.45, 7) is 5.29. The van der Waals surface area contributed by atoms with Crippen LogP contribution in [0.2, 0.25) is 0 Å². The van der Waals surface area contributed by atoms with Crippen LogP contribution in [0.4, 0.5) is 10.1 Å². The first-order chi connectivity index (χ1) is 8.11. The van der Waals surface area contributed by atoms with E-state index in [9.17, 15) is 4.39 Å². The third kappa shape index (κ3) is 2.97. The third-order valence-corrected chi connectivity index (χ3v) is 3.57. The molecule has 1 aromatic rings. The van der Waals surface area contributed by atoms with Crippen molar-refractivity contribution < 1.29 is 4.39 Å². The number of hydrogen-bond acceptors (Lipinski definition) is 2. The highest BCUT2D eigenvalue weighted by Crippen LogP contribution is 2.28. The maximum Gasteiger partial charge on any atom is 0.146 e. The van der Waals surface area contributed by atoms with Crippen LogP contribution in [-0.4, -0.2) is 26.7 Å². The van der Waals surface area contributed by atoms with Gasteiger partial charge in [0.2, 0.25) is 0 Å². The van der Waals surface area contributed by atoms with Crippen molar-refractivity contribution >= 4 is 5.69 Å². The Labute approximate surface area is 103 Å². The molecule has 0 aliphatic carbocycles. The van der Waals surface area contributed by atoms with E-state index in [4.69, 9.17) is 0 Å². The molecule has 0 bridgehead atoms. The van der Waals surface area contributed by atoms with Crippen LogP contribution in [0.1, 0.15) is 19.8 Å². The van der Waals surface area contributed by atoms with Crippen LogP contribution in [0.25, 0.3) is 0 Å². The molecule has 2 nitrogen and oxygen atoms in total. The van der Waals surface area contributed by atoms with E-state index in [0.717, 1.165) is 19.6 Å². The van der Waals surface area contributed by atoms with Crippen molar-refractivity contribution in [1.82, 2.24) is 5.32 Å². The van der Waals surface area contributed by atoms with Gasteiger partial charge in [0.25, 0.3) is 0 Å². The molecule has 2 rings (SSSR count). The summed E-state index contributed by atoms with van der Waals surface area (Å²) in [4.78, 5) is 2.03. The Hall–Kier alpha value is -1.09. The maximum atomic E-state index is 13.7. The maximum absolute atomic E-state index is 13.7. The Morgan fingerprint density at radius 3 is 2.82 bits per heavy atom. The Morgan fingerprint density at radius 1 is 1.41 bits per heavy atom. The second-order valence-corrected chi connectivity index (χ2v) is 5.40. The monoisotopic (exact) mass is 236 g/mol. The normalized spacial score (nSPS) is 24.6. The highest BCUT2D eigenvalue weighted by molar-refractivity contribution is 5.46. The highest BCUT2D eigenvalue weighted by atomic mass is 19.1. The summed E-state index contributed by atoms with van der Waals surface area (Å²) < 4.78 is 13.7. The lowest BCUT2D eigenvalue weighted by molar-refractivity contribution is 0.242. The van der Waals surface area contributed by atoms with E-state index < -0.39 is 0 Å². The number of hydrogen-bond donors (Lipinski definition) is 1. The van der Waals surface area contributed by atoms with Crippen molar-refractivity contribution in [3.05, 3.63) is 30.1 Å². The number of piperidine rings is 1. The molecule has 0 saturated carbocycles. The van der Waals surface area contributed by atoms with Gasteiger partial charge >= 0.3 is 0 Å². The fraction of sp³-hybridized carbons (Fsp3) is 0.571. The second kappa shape index (κ2) is 5.05. The Bertz CT molecular complexity index is 372. The van der Waals surface area contributed by atoms with Gasteiger partial charge < -0.3 is 10.2 Å². The van der Waals surface area contributed by atoms with Crippen molar-refractivity contribution in [2.75, 3.05) is 31.6 Å². The van der Waals surface area contributed by atoms with Crippen molar-refractivity contribution in [3.8, 4) is 0 Å². The fourth-order valence-electron chi connectivity index (χ4n) is 2.67. The molecule has 0 spiro atoms. The summed E-state index contributed by atoms with van der Waals surface area (Å²) in [7, 11) is 1.97. The lowest BCUT2D eigenvalue weighted by atomic mass is 9.82. The zero-order valence-corrected chi connectivity index (χ0v) is 10.7. The van der Waals surface area contributed by atoms with E-state index in [2.05, 4.69) is 12.2 Å². The van der Waals surface area contributed by atoms with Crippen LogP contribution < -0.4 is 10.2 Å². The molecule has 1 N–H and O–H groups in total. The van der Waals surface area contributed by atoms with Crippen LogP contribution >= 0.6 is 0 Å². The highest BCUT2D eigenvalue weighted by Gasteiger charge is 2.28. The zero-order chi connectivity index (χ0) is 12.3. The minimum absolute atomic E-state index is 0.137. The molecule has 3 heteroatoms. The van der Waals surface area contributed by atoms with Gasteiger partial charge in [0.15, 0.2) is 0 Å². The van der Waals surface area contributed by atoms with Gasteiger partial charge in [-0.2, -0.15) is 0 Å². The van der Waals surface area contributed by atoms with Crippen LogP contribution in [-0.2, 0) is 0 Å². The average Bonchev–Trinajstić information content (AvgIpc) is 2.29. The first kappa shape index (κ1) is 12.4. The first-order valence-electron chi connectivity index (χ1n) is 6.27. The number of nitrogens with zero attached hydrogens (tertiary/aromatic N) is 1. The summed E-state index contributed by atoms with van der Waals surface area (Å²) in [5.74, 6) is -0.137. The van der Waals surface area contributed by atoms with Crippen molar-refractivity contribution in [2.45, 2.75) is 19.8 Å². The molecule has 0 amide bonds. The van der Waals surface area contributed by atoms with E-state index >= 15 is 0 Å². The summed E-state index contributed by atoms with van der Waals surface area (Å²) in [5, 5.41) is 3.43. The summed E-state index contributed by atoms with van der Waals surface area (Å²) >= 11 is 0. The van der Waals surface area contributed by atoms with E-state index in [1.54, 1.807) is 6.07 Å². The lowest BCUT2D eigenvalue weighted by Gasteiger charge is -2.38. The Kier molecular flexibility index (Phi) is 3.67. The van der Waals surface area contributed by atoms with Crippen molar-refractivity contribution in [3.63, 3.8) is 0 Å². The average molecular weight is 236 g/mol. The molecule has 1 fully saturated rings. The molecule has 1 saturated heterocycles. The largest absolute Gasteiger partial charge is 0.372 e. The van der Waals surface area contributed by atoms with Gasteiger partial charge in [-0.25, -0.2) is 4.39 Å². The standard InChI is InChI=1S/C14H21FN2/c1-14(8-5-9-16-10-14)11-17(2)13-7-4-3-6-12(13)15/h3-4,6-7,16H,5,8-11H2,1-2H3. The van der Waals surface area contributed by atoms with Crippen molar-refractivity contribution in [1.29, 1.82) is 0 Å². The van der Waals surface area contributed by atoms with Gasteiger partial charge in [-0.15, -0.1) is 0 Å². The molecule has 1 unspecified atom stereocenters. The molecule has 17 heavy (non-hydrogen) atoms. The SMILES string of the molecule is CN(CC1(C)CCCNC1)c1ccccc1F.